The van der Waals surface area contributed by atoms with Crippen molar-refractivity contribution in [2.45, 2.75) is 12.3 Å². The molecule has 0 saturated carbocycles. The second-order valence-corrected chi connectivity index (χ2v) is 5.32. The molecule has 1 unspecified atom stereocenters. The van der Waals surface area contributed by atoms with Crippen molar-refractivity contribution in [3.8, 4) is 11.8 Å². The van der Waals surface area contributed by atoms with Crippen LogP contribution in [-0.4, -0.2) is 6.61 Å². The molecule has 0 aliphatic heterocycles. The fraction of sp³-hybridized carbons (Fsp3) is 0.150. The van der Waals surface area contributed by atoms with Crippen LogP contribution in [0.4, 0.5) is 4.39 Å². The highest BCUT2D eigenvalue weighted by Crippen LogP contribution is 2.27. The summed E-state index contributed by atoms with van der Waals surface area (Å²) in [6.07, 6.45) is 0.445. The SMILES string of the molecule is N#CC(CCOc1cccc2ccccc12)c1ccccc1F. The molecule has 0 radical (unpaired) electrons. The van der Waals surface area contributed by atoms with Crippen LogP contribution < -0.4 is 4.74 Å². The lowest BCUT2D eigenvalue weighted by atomic mass is 9.97. The van der Waals surface area contributed by atoms with Gasteiger partial charge in [-0.25, -0.2) is 4.39 Å². The second kappa shape index (κ2) is 6.93. The summed E-state index contributed by atoms with van der Waals surface area (Å²) < 4.78 is 19.6. The fourth-order valence-electron chi connectivity index (χ4n) is 2.66. The number of fused-ring (bicyclic) bond motifs is 1. The molecule has 1 atom stereocenters. The van der Waals surface area contributed by atoms with Gasteiger partial charge in [-0.3, -0.25) is 0 Å². The Labute approximate surface area is 134 Å². The summed E-state index contributed by atoms with van der Waals surface area (Å²) in [4.78, 5) is 0. The second-order valence-electron chi connectivity index (χ2n) is 5.32. The molecule has 0 spiro atoms. The Morgan fingerprint density at radius 1 is 0.957 bits per heavy atom. The van der Waals surface area contributed by atoms with Crippen molar-refractivity contribution in [3.63, 3.8) is 0 Å². The average molecular weight is 305 g/mol. The van der Waals surface area contributed by atoms with E-state index in [0.717, 1.165) is 16.5 Å². The molecular weight excluding hydrogens is 289 g/mol. The third-order valence-electron chi connectivity index (χ3n) is 3.85. The smallest absolute Gasteiger partial charge is 0.127 e. The molecule has 3 aromatic rings. The standard InChI is InChI=1S/C20H16FNO/c21-19-10-4-3-8-17(19)16(14-22)12-13-23-20-11-5-7-15-6-1-2-9-18(15)20/h1-11,16H,12-13H2. The first-order chi connectivity index (χ1) is 11.3. The normalized spacial score (nSPS) is 11.8. The molecule has 3 aromatic carbocycles. The van der Waals surface area contributed by atoms with Gasteiger partial charge in [0.2, 0.25) is 0 Å². The van der Waals surface area contributed by atoms with Gasteiger partial charge in [0.15, 0.2) is 0 Å². The van der Waals surface area contributed by atoms with Crippen molar-refractivity contribution in [3.05, 3.63) is 78.1 Å². The quantitative estimate of drug-likeness (QED) is 0.660. The van der Waals surface area contributed by atoms with E-state index < -0.39 is 5.92 Å². The van der Waals surface area contributed by atoms with Crippen LogP contribution in [-0.2, 0) is 0 Å². The van der Waals surface area contributed by atoms with Crippen LogP contribution in [0.3, 0.4) is 0 Å². The molecule has 0 amide bonds. The largest absolute Gasteiger partial charge is 0.493 e. The topological polar surface area (TPSA) is 33.0 Å². The number of rotatable bonds is 5. The number of hydrogen-bond acceptors (Lipinski definition) is 2. The molecule has 2 nitrogen and oxygen atoms in total. The summed E-state index contributed by atoms with van der Waals surface area (Å²) >= 11 is 0. The number of hydrogen-bond donors (Lipinski definition) is 0. The first-order valence-corrected chi connectivity index (χ1v) is 7.54. The number of benzene rings is 3. The molecule has 0 aromatic heterocycles. The molecular formula is C20H16FNO. The molecule has 0 saturated heterocycles. The van der Waals surface area contributed by atoms with Gasteiger partial charge in [-0.15, -0.1) is 0 Å². The lowest BCUT2D eigenvalue weighted by Crippen LogP contribution is -2.06. The minimum Gasteiger partial charge on any atom is -0.493 e. The van der Waals surface area contributed by atoms with Gasteiger partial charge in [-0.1, -0.05) is 54.6 Å². The predicted octanol–water partition coefficient (Wildman–Crippen LogP) is 5.06. The molecule has 0 N–H and O–H groups in total. The Kier molecular flexibility index (Phi) is 4.54. The molecule has 0 heterocycles. The maximum Gasteiger partial charge on any atom is 0.127 e. The number of nitriles is 1. The van der Waals surface area contributed by atoms with Gasteiger partial charge in [0.1, 0.15) is 11.6 Å². The molecule has 3 rings (SSSR count). The van der Waals surface area contributed by atoms with Gasteiger partial charge < -0.3 is 4.74 Å². The predicted molar refractivity (Wildman–Crippen MR) is 88.8 cm³/mol. The van der Waals surface area contributed by atoms with E-state index in [0.29, 0.717) is 18.6 Å². The summed E-state index contributed by atoms with van der Waals surface area (Å²) in [5, 5.41) is 11.4. The van der Waals surface area contributed by atoms with Gasteiger partial charge in [-0.05, 0) is 17.5 Å². The summed E-state index contributed by atoms with van der Waals surface area (Å²) in [6.45, 7) is 0.362. The Balaban J connectivity index is 1.71. The van der Waals surface area contributed by atoms with Gasteiger partial charge in [0.25, 0.3) is 0 Å². The third-order valence-corrected chi connectivity index (χ3v) is 3.85. The van der Waals surface area contributed by atoms with Crippen molar-refractivity contribution in [1.82, 2.24) is 0 Å². The summed E-state index contributed by atoms with van der Waals surface area (Å²) in [5.74, 6) is -0.0660. The van der Waals surface area contributed by atoms with E-state index >= 15 is 0 Å². The van der Waals surface area contributed by atoms with E-state index in [1.165, 1.54) is 6.07 Å². The Hall–Kier alpha value is -2.86. The van der Waals surface area contributed by atoms with Crippen molar-refractivity contribution in [1.29, 1.82) is 5.26 Å². The van der Waals surface area contributed by atoms with E-state index in [4.69, 9.17) is 4.74 Å². The Morgan fingerprint density at radius 3 is 2.52 bits per heavy atom. The van der Waals surface area contributed by atoms with Crippen molar-refractivity contribution < 1.29 is 9.13 Å². The Morgan fingerprint density at radius 2 is 1.70 bits per heavy atom. The van der Waals surface area contributed by atoms with Gasteiger partial charge in [0.05, 0.1) is 18.6 Å². The van der Waals surface area contributed by atoms with Crippen LogP contribution >= 0.6 is 0 Å². The van der Waals surface area contributed by atoms with Crippen LogP contribution in [0.1, 0.15) is 17.9 Å². The van der Waals surface area contributed by atoms with Crippen LogP contribution in [0.2, 0.25) is 0 Å². The van der Waals surface area contributed by atoms with Crippen LogP contribution in [0, 0.1) is 17.1 Å². The van der Waals surface area contributed by atoms with E-state index in [2.05, 4.69) is 6.07 Å². The number of halogens is 1. The number of ether oxygens (including phenoxy) is 1. The van der Waals surface area contributed by atoms with E-state index in [-0.39, 0.29) is 5.82 Å². The van der Waals surface area contributed by atoms with E-state index in [9.17, 15) is 9.65 Å². The van der Waals surface area contributed by atoms with Crippen molar-refractivity contribution in [2.75, 3.05) is 6.61 Å². The average Bonchev–Trinajstić information content (AvgIpc) is 2.60. The fourth-order valence-corrected chi connectivity index (χ4v) is 2.66. The lowest BCUT2D eigenvalue weighted by molar-refractivity contribution is 0.308. The molecule has 0 fully saturated rings. The zero-order valence-electron chi connectivity index (χ0n) is 12.6. The van der Waals surface area contributed by atoms with Crippen LogP contribution in [0.5, 0.6) is 5.75 Å². The minimum atomic E-state index is -0.508. The van der Waals surface area contributed by atoms with E-state index in [1.54, 1.807) is 18.2 Å². The van der Waals surface area contributed by atoms with Crippen LogP contribution in [0.25, 0.3) is 10.8 Å². The highest BCUT2D eigenvalue weighted by molar-refractivity contribution is 5.88. The molecule has 0 aliphatic carbocycles. The zero-order chi connectivity index (χ0) is 16.1. The lowest BCUT2D eigenvalue weighted by Gasteiger charge is -2.13. The highest BCUT2D eigenvalue weighted by Gasteiger charge is 2.15. The van der Waals surface area contributed by atoms with Crippen molar-refractivity contribution >= 4 is 10.8 Å². The Bertz CT molecular complexity index is 848. The van der Waals surface area contributed by atoms with Crippen LogP contribution in [0.15, 0.2) is 66.7 Å². The summed E-state index contributed by atoms with van der Waals surface area (Å²) in [7, 11) is 0. The van der Waals surface area contributed by atoms with Crippen molar-refractivity contribution in [2.24, 2.45) is 0 Å². The molecule has 0 bridgehead atoms. The molecule has 23 heavy (non-hydrogen) atoms. The molecule has 0 aliphatic rings. The van der Waals surface area contributed by atoms with Gasteiger partial charge in [0, 0.05) is 17.4 Å². The maximum atomic E-state index is 13.8. The summed E-state index contributed by atoms with van der Waals surface area (Å²) in [5.41, 5.74) is 0.427. The first kappa shape index (κ1) is 15.1. The maximum absolute atomic E-state index is 13.8. The third kappa shape index (κ3) is 3.32. The number of nitrogens with zero attached hydrogens (tertiary/aromatic N) is 1. The first-order valence-electron chi connectivity index (χ1n) is 7.54. The van der Waals surface area contributed by atoms with Gasteiger partial charge in [-0.2, -0.15) is 5.26 Å². The van der Waals surface area contributed by atoms with E-state index in [1.807, 2.05) is 42.5 Å². The molecule has 114 valence electrons. The molecule has 3 heteroatoms. The summed E-state index contributed by atoms with van der Waals surface area (Å²) in [6, 6.07) is 22.4. The highest BCUT2D eigenvalue weighted by atomic mass is 19.1. The monoisotopic (exact) mass is 305 g/mol. The minimum absolute atomic E-state index is 0.343. The van der Waals surface area contributed by atoms with Gasteiger partial charge >= 0.3 is 0 Å². The zero-order valence-corrected chi connectivity index (χ0v) is 12.6.